The number of carboxylic acids is 1. The summed E-state index contributed by atoms with van der Waals surface area (Å²) in [5.41, 5.74) is 17.4. The maximum Gasteiger partial charge on any atom is 0.312 e. The molecular formula is C100H161N16O30S2-. The third-order valence-electron chi connectivity index (χ3n) is 23.6. The maximum atomic E-state index is 13.4. The number of sulfone groups is 1. The van der Waals surface area contributed by atoms with E-state index in [9.17, 15) is 142 Å². The number of carbonyl (C=O) groups is 24. The minimum Gasteiger partial charge on any atom is -0.748 e. The van der Waals surface area contributed by atoms with E-state index in [1.54, 1.807) is 111 Å². The molecule has 0 aliphatic carbocycles. The Hall–Kier alpha value is -12.5. The third-order valence-corrected chi connectivity index (χ3v) is 25.7. The van der Waals surface area contributed by atoms with E-state index in [4.69, 9.17) is 22.9 Å². The van der Waals surface area contributed by atoms with Crippen molar-refractivity contribution in [1.82, 2.24) is 62.6 Å². The van der Waals surface area contributed by atoms with Gasteiger partial charge in [-0.3, -0.25) is 111 Å². The number of hydrogen-bond donors (Lipinski definition) is 14. The molecule has 18 N–H and O–H groups in total. The van der Waals surface area contributed by atoms with Crippen molar-refractivity contribution in [2.75, 3.05) is 57.3 Å². The number of nitrogens with two attached hydrogens (primary N) is 4. The molecule has 0 spiro atoms. The maximum absolute atomic E-state index is 13.4. The summed E-state index contributed by atoms with van der Waals surface area (Å²) < 4.78 is 57.5. The van der Waals surface area contributed by atoms with Crippen LogP contribution in [-0.2, 0) is 116 Å². The molecule has 0 saturated carbocycles. The van der Waals surface area contributed by atoms with Gasteiger partial charge in [0.25, 0.3) is 35.4 Å². The van der Waals surface area contributed by atoms with Crippen molar-refractivity contribution < 1.29 is 142 Å². The number of nitrogens with zero attached hydrogens (tertiary/aromatic N) is 3. The summed E-state index contributed by atoms with van der Waals surface area (Å²) in [4.78, 5) is 295. The molecule has 3 aliphatic rings. The topological polar surface area (TPSA) is 743 Å². The van der Waals surface area contributed by atoms with E-state index >= 15 is 0 Å². The average molecular weight is 2130 g/mol. The lowest BCUT2D eigenvalue weighted by Gasteiger charge is -2.28. The number of urea groups is 4. The van der Waals surface area contributed by atoms with Gasteiger partial charge in [0, 0.05) is 171 Å². The molecule has 0 bridgehead atoms. The van der Waals surface area contributed by atoms with Crippen molar-refractivity contribution in [3.8, 4) is 0 Å². The zero-order valence-electron chi connectivity index (χ0n) is 89.0. The number of primary amides is 4. The first-order valence-corrected chi connectivity index (χ1v) is 53.1. The Morgan fingerprint density at radius 2 is 0.622 bits per heavy atom. The quantitative estimate of drug-likeness (QED) is 0.0218. The second-order valence-electron chi connectivity index (χ2n) is 41.9. The Labute approximate surface area is 868 Å². The highest BCUT2D eigenvalue weighted by molar-refractivity contribution is 7.94. The second kappa shape index (κ2) is 66.1. The van der Waals surface area contributed by atoms with Crippen molar-refractivity contribution in [2.24, 2.45) is 86.0 Å². The monoisotopic (exact) mass is 2130 g/mol. The lowest BCUT2D eigenvalue weighted by Crippen LogP contribution is -2.55. The first kappa shape index (κ1) is 136. The molecule has 148 heavy (non-hydrogen) atoms. The molecular weight excluding hydrogens is 1970 g/mol. The molecule has 0 unspecified atom stereocenters. The summed E-state index contributed by atoms with van der Waals surface area (Å²) in [5, 5.41) is 32.6. The predicted molar refractivity (Wildman–Crippen MR) is 546 cm³/mol. The van der Waals surface area contributed by atoms with Crippen LogP contribution >= 0.6 is 0 Å². The number of amides is 19. The molecule has 834 valence electrons. The van der Waals surface area contributed by atoms with Gasteiger partial charge < -0.3 is 80.4 Å². The molecule has 0 aromatic carbocycles. The lowest BCUT2D eigenvalue weighted by atomic mass is 9.78. The molecule has 0 saturated heterocycles. The van der Waals surface area contributed by atoms with Crippen LogP contribution in [0.1, 0.15) is 285 Å². The van der Waals surface area contributed by atoms with Gasteiger partial charge in [-0.1, -0.05) is 150 Å². The van der Waals surface area contributed by atoms with Gasteiger partial charge in [-0.2, -0.15) is 0 Å². The number of Topliss-reactive ketones (excluding diaryl/α,β-unsaturated/α-hetero) is 8. The summed E-state index contributed by atoms with van der Waals surface area (Å²) >= 11 is 0. The van der Waals surface area contributed by atoms with Crippen molar-refractivity contribution in [3.05, 3.63) is 48.4 Å². The second-order valence-corrected chi connectivity index (χ2v) is 45.4. The Bertz CT molecular complexity index is 4940. The summed E-state index contributed by atoms with van der Waals surface area (Å²) in [6.07, 6.45) is 13.0. The van der Waals surface area contributed by atoms with Crippen LogP contribution in [-0.4, -0.2) is 270 Å². The van der Waals surface area contributed by atoms with Gasteiger partial charge in [0.15, 0.2) is 33.0 Å². The molecule has 0 fully saturated rings. The molecule has 19 amide bonds. The van der Waals surface area contributed by atoms with Crippen LogP contribution in [0.4, 0.5) is 19.2 Å². The number of rotatable bonds is 66. The van der Waals surface area contributed by atoms with Crippen molar-refractivity contribution in [1.29, 1.82) is 0 Å². The number of unbranched alkanes of at least 4 members (excludes halogenated alkanes) is 6. The summed E-state index contributed by atoms with van der Waals surface area (Å²) in [6.45, 7) is 35.7. The minimum atomic E-state index is -4.97. The number of hydrogen-bond acceptors (Lipinski definition) is 29. The smallest absolute Gasteiger partial charge is 0.312 e. The summed E-state index contributed by atoms with van der Waals surface area (Å²) in [7, 11) is -8.21. The number of carboxylic acid groups (broad SMARTS) is 1. The number of imide groups is 3. The zero-order valence-corrected chi connectivity index (χ0v) is 90.6. The molecule has 0 aromatic rings. The summed E-state index contributed by atoms with van der Waals surface area (Å²) in [5.74, 6) is -13.9. The Kier molecular flexibility index (Phi) is 60.5. The zero-order chi connectivity index (χ0) is 114. The Balaban J connectivity index is 0.00000196. The lowest BCUT2D eigenvalue weighted by molar-refractivity contribution is -0.142. The molecule has 3 aliphatic heterocycles. The highest BCUT2D eigenvalue weighted by Crippen LogP contribution is 2.32. The predicted octanol–water partition coefficient (Wildman–Crippen LogP) is 4.93. The van der Waals surface area contributed by atoms with Crippen LogP contribution in [0.3, 0.4) is 0 Å². The fourth-order valence-electron chi connectivity index (χ4n) is 15.8. The van der Waals surface area contributed by atoms with Gasteiger partial charge >= 0.3 is 30.1 Å². The van der Waals surface area contributed by atoms with E-state index < -0.39 is 209 Å². The molecule has 0 aromatic heterocycles. The standard InChI is InChI=1S/C29H47N5O10S.C25H38N4O8.C24H43N3O6S.C22H34N4O6/c1-18(2)25(21(35)16-19(26(39)29(3,4)5)10-9-14-31-28(30)41)33-27(40)20(17-45(42,43)44)32-22(36)11-7-6-8-15-34-23(37)12-13-24(34)38;1-25(2,3)23(36)16(8-7-12-27-24(26)37)14-18(30)17(15-22(34)35)28-19(31)9-5-4-6-13-29-20(32)10-11-21(29)33;1-7-34(32,33)15-10-8-9-13-20(29)27-21(17(2)3)19(28)16-18(22(30)24(4,5)6)12-11-14-26-23(25)31;1-13(2)19(25-16(28)12-26-17(29)8-9-18(26)30)15(27)11-14(20(31)22(3,4)5)7-6-10-24-21(23)32/h12-13,18-20,25H,6-11,14-17H2,1-5H3,(H,32,36)(H,33,40)(H3,30,31,41)(H,42,43,44);10-11,16-17H,4-9,12-15H2,1-3H3,(H,28,31)(H,34,35)(H3,26,27,37);7,17-18,21H,1,8-16H2,2-6H3,(H,27,29)(H3,25,26,31);8-9,13-14,19H,6-7,10-12H2,1-5H3,(H,25,28)(H3,23,24,32)/p-1/t19-,20+,25+;16-,17+;18-,21+;14-,19+/m0100/s1. The van der Waals surface area contributed by atoms with E-state index in [1.165, 1.54) is 24.3 Å². The third kappa shape index (κ3) is 56.6. The molecule has 3 rings (SSSR count). The highest BCUT2D eigenvalue weighted by atomic mass is 32.2. The number of carbonyl (C=O) groups excluding carboxylic acids is 23. The fourth-order valence-corrected chi connectivity index (χ4v) is 17.2. The van der Waals surface area contributed by atoms with Crippen molar-refractivity contribution in [2.45, 2.75) is 315 Å². The van der Waals surface area contributed by atoms with Crippen molar-refractivity contribution in [3.63, 3.8) is 0 Å². The van der Waals surface area contributed by atoms with Gasteiger partial charge in [0.1, 0.15) is 35.7 Å². The SMILES string of the molecule is C=CS(=O)(=O)CCCCCC(=O)N[C@@H](C(=O)C[C@H](CCCNC(N)=O)C(=O)C(C)(C)C)C(C)C.CC(C)(C)C(=O)[C@H](CCCNC(N)=O)CC(=O)[C@H](CC(=O)O)NC(=O)CCCCCN1C(=O)C=CC1=O.CC(C)[C@@H](NC(=O)CN1C(=O)C=CC1=O)C(=O)C[C@H](CCCNC(N)=O)C(=O)C(C)(C)C.CC(C)[C@@H](NC(=O)[C@@H](CS(=O)(=O)[O-])NC(=O)CCCCCN1C(=O)C=CC1=O)C(=O)C[C@H](CCCNC(N)=O)C(=O)C(C)(C)C. The van der Waals surface area contributed by atoms with E-state index in [1.807, 2.05) is 13.8 Å². The van der Waals surface area contributed by atoms with Crippen LogP contribution in [0.2, 0.25) is 0 Å². The summed E-state index contributed by atoms with van der Waals surface area (Å²) in [6, 6.07) is -8.52. The van der Waals surface area contributed by atoms with Crippen LogP contribution < -0.4 is 70.8 Å². The first-order chi connectivity index (χ1) is 68.3. The first-order valence-electron chi connectivity index (χ1n) is 49.8. The highest BCUT2D eigenvalue weighted by Gasteiger charge is 2.41. The molecule has 3 heterocycles. The molecule has 48 heteroatoms. The average Bonchev–Trinajstić information content (AvgIpc) is 1.74. The normalized spacial score (nSPS) is 14.9. The molecule has 46 nitrogen and oxygen atoms in total. The van der Waals surface area contributed by atoms with Gasteiger partial charge in [0.2, 0.25) is 29.5 Å². The van der Waals surface area contributed by atoms with Crippen LogP contribution in [0.5, 0.6) is 0 Å². The van der Waals surface area contributed by atoms with Crippen LogP contribution in [0, 0.1) is 63.1 Å². The van der Waals surface area contributed by atoms with Crippen LogP contribution in [0.15, 0.2) is 48.4 Å². The molecule has 0 radical (unpaired) electrons. The number of ketones is 8. The van der Waals surface area contributed by atoms with Gasteiger partial charge in [-0.25, -0.2) is 36.0 Å². The largest absolute Gasteiger partial charge is 0.748 e. The molecule has 9 atom stereocenters. The Morgan fingerprint density at radius 1 is 0.358 bits per heavy atom. The number of aliphatic carboxylic acids is 1. The Morgan fingerprint density at radius 3 is 0.892 bits per heavy atom. The van der Waals surface area contributed by atoms with E-state index in [-0.39, 0.29) is 161 Å². The van der Waals surface area contributed by atoms with E-state index in [0.29, 0.717) is 103 Å². The van der Waals surface area contributed by atoms with E-state index in [2.05, 4.69) is 54.4 Å². The van der Waals surface area contributed by atoms with E-state index in [0.717, 1.165) is 32.3 Å². The van der Waals surface area contributed by atoms with Crippen molar-refractivity contribution >= 4 is 161 Å². The number of nitrogens with one attached hydrogen (secondary N) is 9. The van der Waals surface area contributed by atoms with Crippen LogP contribution in [0.25, 0.3) is 0 Å². The van der Waals surface area contributed by atoms with Gasteiger partial charge in [0.05, 0.1) is 52.2 Å². The minimum absolute atomic E-state index is 0.00335. The van der Waals surface area contributed by atoms with Gasteiger partial charge in [-0.15, -0.1) is 0 Å². The fraction of sp³-hybridized carbons (Fsp3) is 0.680. The van der Waals surface area contributed by atoms with Gasteiger partial charge in [-0.05, 0) is 108 Å².